The molecule has 166 valence electrons. The highest BCUT2D eigenvalue weighted by Gasteiger charge is 2.58. The molecule has 0 spiro atoms. The monoisotopic (exact) mass is 448 g/mol. The van der Waals surface area contributed by atoms with E-state index in [4.69, 9.17) is 0 Å². The number of aliphatic hydroxyl groups is 1. The average molecular weight is 448 g/mol. The Hall–Kier alpha value is -2.44. The molecule has 3 N–H and O–H groups in total. The minimum atomic E-state index is -5.15. The second kappa shape index (κ2) is 8.74. The quantitative estimate of drug-likeness (QED) is 0.527. The van der Waals surface area contributed by atoms with Gasteiger partial charge in [-0.25, -0.2) is 18.1 Å². The van der Waals surface area contributed by atoms with Gasteiger partial charge in [0.1, 0.15) is 0 Å². The third kappa shape index (κ3) is 5.18. The van der Waals surface area contributed by atoms with Gasteiger partial charge in [0.05, 0.1) is 11.3 Å². The lowest BCUT2D eigenvalue weighted by Crippen LogP contribution is -2.48. The molecule has 0 saturated heterocycles. The standard InChI is InChI=1S/C18H23F3N4O4S/c1-12-4-5-13(2)14(10-12)30(28,29)24-7-6-22-15(26)11-17(27,18(19,20)21)16-23-8-9-25(16)3/h4-5,8-10,24,27H,6-7,11H2,1-3H3,(H,22,26). The van der Waals surface area contributed by atoms with Crippen molar-refractivity contribution < 1.29 is 31.5 Å². The molecule has 1 atom stereocenters. The first-order valence-corrected chi connectivity index (χ1v) is 10.4. The van der Waals surface area contributed by atoms with Gasteiger partial charge in [0.2, 0.25) is 21.5 Å². The molecule has 0 saturated carbocycles. The number of imidazole rings is 1. The summed E-state index contributed by atoms with van der Waals surface area (Å²) in [5.74, 6) is -1.83. The van der Waals surface area contributed by atoms with Gasteiger partial charge in [0.15, 0.2) is 5.82 Å². The van der Waals surface area contributed by atoms with Gasteiger partial charge in [-0.15, -0.1) is 0 Å². The van der Waals surface area contributed by atoms with Crippen molar-refractivity contribution in [3.05, 3.63) is 47.5 Å². The molecule has 2 aromatic rings. The summed E-state index contributed by atoms with van der Waals surface area (Å²) in [4.78, 5) is 15.6. The molecule has 1 aromatic carbocycles. The smallest absolute Gasteiger partial charge is 0.374 e. The van der Waals surface area contributed by atoms with Crippen LogP contribution in [0.2, 0.25) is 0 Å². The van der Waals surface area contributed by atoms with Crippen molar-refractivity contribution >= 4 is 15.9 Å². The van der Waals surface area contributed by atoms with E-state index in [-0.39, 0.29) is 18.0 Å². The average Bonchev–Trinajstić information content (AvgIpc) is 3.06. The summed E-state index contributed by atoms with van der Waals surface area (Å²) < 4.78 is 68.3. The Bertz CT molecular complexity index is 1020. The van der Waals surface area contributed by atoms with E-state index >= 15 is 0 Å². The van der Waals surface area contributed by atoms with Gasteiger partial charge in [-0.3, -0.25) is 4.79 Å². The first-order valence-electron chi connectivity index (χ1n) is 8.88. The van der Waals surface area contributed by atoms with Crippen molar-refractivity contribution in [3.63, 3.8) is 0 Å². The highest BCUT2D eigenvalue weighted by molar-refractivity contribution is 7.89. The molecule has 12 heteroatoms. The summed E-state index contributed by atoms with van der Waals surface area (Å²) in [6.07, 6.45) is -4.17. The van der Waals surface area contributed by atoms with E-state index < -0.39 is 40.0 Å². The number of sulfonamides is 1. The van der Waals surface area contributed by atoms with Crippen molar-refractivity contribution in [3.8, 4) is 0 Å². The van der Waals surface area contributed by atoms with E-state index in [0.29, 0.717) is 5.56 Å². The van der Waals surface area contributed by atoms with Crippen LogP contribution in [0.4, 0.5) is 13.2 Å². The molecule has 0 aliphatic rings. The summed E-state index contributed by atoms with van der Waals surface area (Å²) in [7, 11) is -2.59. The Labute approximate surface area is 172 Å². The van der Waals surface area contributed by atoms with Crippen LogP contribution in [0.3, 0.4) is 0 Å². The third-order valence-corrected chi connectivity index (χ3v) is 6.05. The van der Waals surface area contributed by atoms with Crippen LogP contribution < -0.4 is 10.0 Å². The Morgan fingerprint density at radius 1 is 1.23 bits per heavy atom. The molecule has 1 amide bonds. The molecule has 8 nitrogen and oxygen atoms in total. The molecule has 1 unspecified atom stereocenters. The van der Waals surface area contributed by atoms with Crippen LogP contribution in [-0.2, 0) is 27.5 Å². The summed E-state index contributed by atoms with van der Waals surface area (Å²) >= 11 is 0. The molecule has 0 aliphatic heterocycles. The zero-order valence-electron chi connectivity index (χ0n) is 16.6. The SMILES string of the molecule is Cc1ccc(C)c(S(=O)(=O)NCCNC(=O)CC(O)(c2nccn2C)C(F)(F)F)c1. The lowest BCUT2D eigenvalue weighted by atomic mass is 9.97. The number of alkyl halides is 3. The van der Waals surface area contributed by atoms with Crippen LogP contribution in [0.25, 0.3) is 0 Å². The van der Waals surface area contributed by atoms with Gasteiger partial charge in [-0.2, -0.15) is 13.2 Å². The molecule has 1 aromatic heterocycles. The molecule has 0 fully saturated rings. The largest absolute Gasteiger partial charge is 0.425 e. The van der Waals surface area contributed by atoms with Crippen LogP contribution in [-0.4, -0.2) is 48.2 Å². The molecular weight excluding hydrogens is 425 g/mol. The summed E-state index contributed by atoms with van der Waals surface area (Å²) in [5.41, 5.74) is -2.20. The Balaban J connectivity index is 1.99. The van der Waals surface area contributed by atoms with Gasteiger partial charge in [0, 0.05) is 32.5 Å². The zero-order chi connectivity index (χ0) is 22.7. The maximum absolute atomic E-state index is 13.4. The van der Waals surface area contributed by atoms with Gasteiger partial charge in [-0.1, -0.05) is 12.1 Å². The fourth-order valence-electron chi connectivity index (χ4n) is 2.83. The van der Waals surface area contributed by atoms with E-state index in [1.807, 2.05) is 0 Å². The summed E-state index contributed by atoms with van der Waals surface area (Å²) in [6.45, 7) is 2.86. The number of aryl methyl sites for hydroxylation is 3. The van der Waals surface area contributed by atoms with Gasteiger partial charge in [-0.05, 0) is 31.0 Å². The fraction of sp³-hybridized carbons (Fsp3) is 0.444. The molecule has 0 bridgehead atoms. The van der Waals surface area contributed by atoms with Gasteiger partial charge < -0.3 is 15.0 Å². The highest BCUT2D eigenvalue weighted by Crippen LogP contribution is 2.40. The first kappa shape index (κ1) is 23.8. The van der Waals surface area contributed by atoms with E-state index in [2.05, 4.69) is 15.0 Å². The Morgan fingerprint density at radius 2 is 1.90 bits per heavy atom. The second-order valence-corrected chi connectivity index (χ2v) is 8.65. The van der Waals surface area contributed by atoms with Crippen molar-refractivity contribution in [1.82, 2.24) is 19.6 Å². The number of nitrogens with zero attached hydrogens (tertiary/aromatic N) is 2. The van der Waals surface area contributed by atoms with E-state index in [9.17, 15) is 31.5 Å². The summed E-state index contributed by atoms with van der Waals surface area (Å²) in [5, 5.41) is 12.3. The van der Waals surface area contributed by atoms with Crippen LogP contribution in [0.15, 0.2) is 35.5 Å². The first-order chi connectivity index (χ1) is 13.8. The van der Waals surface area contributed by atoms with Crippen LogP contribution in [0.1, 0.15) is 23.4 Å². The fourth-order valence-corrected chi connectivity index (χ4v) is 4.19. The van der Waals surface area contributed by atoms with Crippen LogP contribution in [0.5, 0.6) is 0 Å². The second-order valence-electron chi connectivity index (χ2n) is 6.91. The number of nitrogens with one attached hydrogen (secondary N) is 2. The van der Waals surface area contributed by atoms with Gasteiger partial charge in [0.25, 0.3) is 0 Å². The minimum absolute atomic E-state index is 0.0788. The molecule has 30 heavy (non-hydrogen) atoms. The number of benzene rings is 1. The topological polar surface area (TPSA) is 113 Å². The van der Waals surface area contributed by atoms with E-state index in [1.165, 1.54) is 19.3 Å². The molecular formula is C18H23F3N4O4S. The van der Waals surface area contributed by atoms with E-state index in [1.54, 1.807) is 26.0 Å². The Morgan fingerprint density at radius 3 is 2.47 bits per heavy atom. The number of amides is 1. The van der Waals surface area contributed by atoms with E-state index in [0.717, 1.165) is 16.3 Å². The number of hydrogen-bond donors (Lipinski definition) is 3. The predicted octanol–water partition coefficient (Wildman–Crippen LogP) is 1.27. The lowest BCUT2D eigenvalue weighted by molar-refractivity contribution is -0.271. The van der Waals surface area contributed by atoms with Crippen molar-refractivity contribution in [1.29, 1.82) is 0 Å². The normalized spacial score (nSPS) is 14.4. The number of halogens is 3. The number of rotatable bonds is 8. The van der Waals surface area contributed by atoms with Crippen molar-refractivity contribution in [2.24, 2.45) is 7.05 Å². The van der Waals surface area contributed by atoms with Gasteiger partial charge >= 0.3 is 6.18 Å². The minimum Gasteiger partial charge on any atom is -0.374 e. The molecule has 2 rings (SSSR count). The van der Waals surface area contributed by atoms with Crippen LogP contribution in [0, 0.1) is 13.8 Å². The maximum atomic E-state index is 13.4. The number of carbonyl (C=O) groups is 1. The van der Waals surface area contributed by atoms with Crippen molar-refractivity contribution in [2.75, 3.05) is 13.1 Å². The van der Waals surface area contributed by atoms with Crippen LogP contribution >= 0.6 is 0 Å². The third-order valence-electron chi connectivity index (χ3n) is 4.45. The molecule has 0 aliphatic carbocycles. The highest BCUT2D eigenvalue weighted by atomic mass is 32.2. The molecule has 1 heterocycles. The summed E-state index contributed by atoms with van der Waals surface area (Å²) in [6, 6.07) is 4.91. The Kier molecular flexibility index (Phi) is 6.94. The zero-order valence-corrected chi connectivity index (χ0v) is 17.4. The predicted molar refractivity (Wildman–Crippen MR) is 102 cm³/mol. The number of carbonyl (C=O) groups excluding carboxylic acids is 1. The van der Waals surface area contributed by atoms with Crippen molar-refractivity contribution in [2.45, 2.75) is 36.9 Å². The number of hydrogen-bond acceptors (Lipinski definition) is 5. The number of aromatic nitrogens is 2. The molecule has 0 radical (unpaired) electrons. The lowest BCUT2D eigenvalue weighted by Gasteiger charge is -2.29. The maximum Gasteiger partial charge on any atom is 0.425 e.